The number of benzene rings is 2. The van der Waals surface area contributed by atoms with Crippen LogP contribution in [0, 0.1) is 0 Å². The van der Waals surface area contributed by atoms with E-state index in [9.17, 15) is 4.79 Å². The molecule has 0 saturated carbocycles. The van der Waals surface area contributed by atoms with Gasteiger partial charge < -0.3 is 10.1 Å². The van der Waals surface area contributed by atoms with Gasteiger partial charge in [0.1, 0.15) is 0 Å². The van der Waals surface area contributed by atoms with Crippen LogP contribution in [0.3, 0.4) is 0 Å². The van der Waals surface area contributed by atoms with E-state index < -0.39 is 6.04 Å². The molecule has 0 fully saturated rings. The van der Waals surface area contributed by atoms with Crippen molar-refractivity contribution >= 4 is 23.3 Å². The molecule has 1 aliphatic heterocycles. The highest BCUT2D eigenvalue weighted by Gasteiger charge is 2.28. The molecule has 2 aromatic rings. The topological polar surface area (TPSA) is 38.3 Å². The maximum absolute atomic E-state index is 11.9. The Kier molecular flexibility index (Phi) is 2.68. The first-order valence-corrected chi connectivity index (χ1v) is 5.94. The van der Waals surface area contributed by atoms with Crippen LogP contribution in [0.4, 0.5) is 5.69 Å². The number of rotatable bonds is 1. The molecule has 0 amide bonds. The first-order valence-electron chi connectivity index (χ1n) is 5.57. The maximum Gasteiger partial charge on any atom is 0.338 e. The van der Waals surface area contributed by atoms with E-state index >= 15 is 0 Å². The summed E-state index contributed by atoms with van der Waals surface area (Å²) in [6, 6.07) is 14.1. The monoisotopic (exact) mass is 259 g/mol. The lowest BCUT2D eigenvalue weighted by Gasteiger charge is -2.25. The molecule has 0 radical (unpaired) electrons. The van der Waals surface area contributed by atoms with Gasteiger partial charge in [-0.05, 0) is 23.8 Å². The predicted molar refractivity (Wildman–Crippen MR) is 69.9 cm³/mol. The van der Waals surface area contributed by atoms with Crippen LogP contribution in [0.25, 0.3) is 0 Å². The smallest absolute Gasteiger partial charge is 0.338 e. The van der Waals surface area contributed by atoms with Gasteiger partial charge in [0, 0.05) is 5.02 Å². The van der Waals surface area contributed by atoms with E-state index in [1.807, 2.05) is 30.3 Å². The van der Waals surface area contributed by atoms with Crippen molar-refractivity contribution in [3.63, 3.8) is 0 Å². The molecule has 3 rings (SSSR count). The Morgan fingerprint density at radius 1 is 1.11 bits per heavy atom. The second kappa shape index (κ2) is 4.35. The minimum Gasteiger partial charge on any atom is -0.423 e. The third-order valence-electron chi connectivity index (χ3n) is 2.82. The normalized spacial score (nSPS) is 17.6. The van der Waals surface area contributed by atoms with Gasteiger partial charge in [-0.1, -0.05) is 41.9 Å². The van der Waals surface area contributed by atoms with Crippen LogP contribution in [0.1, 0.15) is 11.6 Å². The summed E-state index contributed by atoms with van der Waals surface area (Å²) in [5.41, 5.74) is 1.60. The molecule has 0 saturated heterocycles. The van der Waals surface area contributed by atoms with Crippen molar-refractivity contribution in [1.82, 2.24) is 0 Å². The van der Waals surface area contributed by atoms with Crippen LogP contribution >= 0.6 is 11.6 Å². The minimum absolute atomic E-state index is 0.309. The highest BCUT2D eigenvalue weighted by molar-refractivity contribution is 6.31. The third-order valence-corrected chi connectivity index (χ3v) is 3.06. The summed E-state index contributed by atoms with van der Waals surface area (Å²) in [6.45, 7) is 0. The van der Waals surface area contributed by atoms with Gasteiger partial charge in [0.25, 0.3) is 0 Å². The molecule has 0 aromatic heterocycles. The summed E-state index contributed by atoms with van der Waals surface area (Å²) in [7, 11) is 0. The summed E-state index contributed by atoms with van der Waals surface area (Å²) in [5.74, 6) is 0.201. The summed E-state index contributed by atoms with van der Waals surface area (Å²) in [6.07, 6.45) is 0. The lowest BCUT2D eigenvalue weighted by Crippen LogP contribution is -2.29. The quantitative estimate of drug-likeness (QED) is 0.630. The van der Waals surface area contributed by atoms with Gasteiger partial charge in [0.15, 0.2) is 11.8 Å². The number of esters is 1. The van der Waals surface area contributed by atoms with Crippen LogP contribution in [0.5, 0.6) is 5.75 Å². The largest absolute Gasteiger partial charge is 0.423 e. The molecule has 0 aliphatic carbocycles. The summed E-state index contributed by atoms with van der Waals surface area (Å²) in [5, 5.41) is 3.75. The SMILES string of the molecule is O=C1Oc2ccc(Cl)cc2NC1c1ccccc1. The molecule has 1 aliphatic rings. The number of anilines is 1. The lowest BCUT2D eigenvalue weighted by atomic mass is 10.1. The molecular weight excluding hydrogens is 250 g/mol. The van der Waals surface area contributed by atoms with E-state index in [0.717, 1.165) is 11.3 Å². The van der Waals surface area contributed by atoms with Crippen molar-refractivity contribution in [2.45, 2.75) is 6.04 Å². The summed E-state index contributed by atoms with van der Waals surface area (Å²) >= 11 is 5.93. The van der Waals surface area contributed by atoms with E-state index in [1.54, 1.807) is 18.2 Å². The number of fused-ring (bicyclic) bond motifs is 1. The molecule has 1 heterocycles. The van der Waals surface area contributed by atoms with E-state index in [0.29, 0.717) is 10.8 Å². The first kappa shape index (κ1) is 11.1. The van der Waals surface area contributed by atoms with Gasteiger partial charge in [-0.2, -0.15) is 0 Å². The second-order valence-electron chi connectivity index (χ2n) is 4.05. The fourth-order valence-electron chi connectivity index (χ4n) is 1.95. The zero-order valence-corrected chi connectivity index (χ0v) is 10.1. The second-order valence-corrected chi connectivity index (χ2v) is 4.49. The highest BCUT2D eigenvalue weighted by atomic mass is 35.5. The number of ether oxygens (including phenoxy) is 1. The van der Waals surface area contributed by atoms with E-state index in [4.69, 9.17) is 16.3 Å². The molecule has 1 atom stereocenters. The average molecular weight is 260 g/mol. The van der Waals surface area contributed by atoms with Crippen LogP contribution in [0.2, 0.25) is 5.02 Å². The number of hydrogen-bond donors (Lipinski definition) is 1. The zero-order chi connectivity index (χ0) is 12.5. The van der Waals surface area contributed by atoms with Crippen molar-refractivity contribution in [2.75, 3.05) is 5.32 Å². The van der Waals surface area contributed by atoms with Crippen molar-refractivity contribution < 1.29 is 9.53 Å². The molecule has 1 unspecified atom stereocenters. The maximum atomic E-state index is 11.9. The molecule has 1 N–H and O–H groups in total. The minimum atomic E-state index is -0.489. The van der Waals surface area contributed by atoms with Gasteiger partial charge >= 0.3 is 5.97 Å². The van der Waals surface area contributed by atoms with Gasteiger partial charge in [-0.25, -0.2) is 4.79 Å². The standard InChI is InChI=1S/C14H10ClNO2/c15-10-6-7-12-11(8-10)16-13(14(17)18-12)9-4-2-1-3-5-9/h1-8,13,16H. The Morgan fingerprint density at radius 2 is 1.89 bits per heavy atom. The third kappa shape index (κ3) is 1.93. The van der Waals surface area contributed by atoms with E-state index in [2.05, 4.69) is 5.32 Å². The number of carbonyl (C=O) groups is 1. The molecule has 0 spiro atoms. The number of halogens is 1. The van der Waals surface area contributed by atoms with Gasteiger partial charge in [-0.3, -0.25) is 0 Å². The Morgan fingerprint density at radius 3 is 2.67 bits per heavy atom. The summed E-state index contributed by atoms with van der Waals surface area (Å²) in [4.78, 5) is 11.9. The van der Waals surface area contributed by atoms with E-state index in [1.165, 1.54) is 0 Å². The first-order chi connectivity index (χ1) is 8.74. The Bertz CT molecular complexity index is 598. The van der Waals surface area contributed by atoms with Gasteiger partial charge in [0.2, 0.25) is 0 Å². The molecule has 90 valence electrons. The summed E-state index contributed by atoms with van der Waals surface area (Å²) < 4.78 is 5.29. The van der Waals surface area contributed by atoms with Crippen LogP contribution in [-0.2, 0) is 4.79 Å². The molecule has 2 aromatic carbocycles. The Labute approximate surface area is 109 Å². The Hall–Kier alpha value is -2.00. The average Bonchev–Trinajstić information content (AvgIpc) is 2.39. The molecule has 4 heteroatoms. The van der Waals surface area contributed by atoms with Crippen LogP contribution < -0.4 is 10.1 Å². The van der Waals surface area contributed by atoms with Crippen molar-refractivity contribution in [3.8, 4) is 5.75 Å². The molecule has 0 bridgehead atoms. The fraction of sp³-hybridized carbons (Fsp3) is 0.0714. The zero-order valence-electron chi connectivity index (χ0n) is 9.39. The molecule has 3 nitrogen and oxygen atoms in total. The van der Waals surface area contributed by atoms with Crippen LogP contribution in [0.15, 0.2) is 48.5 Å². The van der Waals surface area contributed by atoms with Crippen molar-refractivity contribution in [1.29, 1.82) is 0 Å². The number of hydrogen-bond acceptors (Lipinski definition) is 3. The fourth-order valence-corrected chi connectivity index (χ4v) is 2.12. The van der Waals surface area contributed by atoms with Crippen molar-refractivity contribution in [3.05, 3.63) is 59.1 Å². The lowest BCUT2D eigenvalue weighted by molar-refractivity contribution is -0.136. The number of nitrogens with one attached hydrogen (secondary N) is 1. The highest BCUT2D eigenvalue weighted by Crippen LogP contribution is 2.36. The van der Waals surface area contributed by atoms with Gasteiger partial charge in [0.05, 0.1) is 5.69 Å². The molecular formula is C14H10ClNO2. The number of carbonyl (C=O) groups excluding carboxylic acids is 1. The van der Waals surface area contributed by atoms with Crippen molar-refractivity contribution in [2.24, 2.45) is 0 Å². The van der Waals surface area contributed by atoms with Gasteiger partial charge in [-0.15, -0.1) is 0 Å². The van der Waals surface area contributed by atoms with Crippen LogP contribution in [-0.4, -0.2) is 5.97 Å². The molecule has 18 heavy (non-hydrogen) atoms. The van der Waals surface area contributed by atoms with E-state index in [-0.39, 0.29) is 5.97 Å². The predicted octanol–water partition coefficient (Wildman–Crippen LogP) is 3.41. The Balaban J connectivity index is 1.99.